The molecule has 1 amide bonds. The fourth-order valence-corrected chi connectivity index (χ4v) is 3.50. The van der Waals surface area contributed by atoms with Gasteiger partial charge in [0.2, 0.25) is 5.91 Å². The molecule has 1 aliphatic rings. The van der Waals surface area contributed by atoms with Crippen LogP contribution in [0.4, 0.5) is 0 Å². The van der Waals surface area contributed by atoms with Crippen LogP contribution in [0.15, 0.2) is 28.7 Å². The fourth-order valence-electron chi connectivity index (χ4n) is 2.95. The van der Waals surface area contributed by atoms with Crippen LogP contribution in [-0.4, -0.2) is 27.6 Å². The first kappa shape index (κ1) is 15.1. The second kappa shape index (κ2) is 5.76. The smallest absolute Gasteiger partial charge is 0.306 e. The van der Waals surface area contributed by atoms with E-state index in [0.717, 1.165) is 21.1 Å². The predicted molar refractivity (Wildman–Crippen MR) is 86.7 cm³/mol. The molecule has 0 spiro atoms. The Bertz CT molecular complexity index is 747. The lowest BCUT2D eigenvalue weighted by molar-refractivity contribution is -0.146. The Morgan fingerprint density at radius 2 is 2.05 bits per heavy atom. The van der Waals surface area contributed by atoms with Gasteiger partial charge in [0.1, 0.15) is 6.54 Å². The first-order chi connectivity index (χ1) is 10.5. The summed E-state index contributed by atoms with van der Waals surface area (Å²) >= 11 is 3.57. The van der Waals surface area contributed by atoms with Crippen LogP contribution >= 0.6 is 15.9 Å². The number of hydrogen-bond acceptors (Lipinski definition) is 2. The number of para-hydroxylation sites is 1. The van der Waals surface area contributed by atoms with Crippen LogP contribution in [0.1, 0.15) is 18.5 Å². The molecule has 5 nitrogen and oxygen atoms in total. The van der Waals surface area contributed by atoms with Gasteiger partial charge in [-0.3, -0.25) is 9.59 Å². The van der Waals surface area contributed by atoms with E-state index in [1.54, 1.807) is 0 Å². The Morgan fingerprint density at radius 3 is 2.73 bits per heavy atom. The van der Waals surface area contributed by atoms with E-state index >= 15 is 0 Å². The number of fused-ring (bicyclic) bond motifs is 1. The van der Waals surface area contributed by atoms with Gasteiger partial charge >= 0.3 is 5.97 Å². The molecule has 1 saturated carbocycles. The maximum atomic E-state index is 12.2. The third kappa shape index (κ3) is 2.63. The summed E-state index contributed by atoms with van der Waals surface area (Å²) in [6.07, 6.45) is 1.05. The van der Waals surface area contributed by atoms with Crippen molar-refractivity contribution < 1.29 is 14.7 Å². The van der Waals surface area contributed by atoms with E-state index in [4.69, 9.17) is 5.11 Å². The van der Waals surface area contributed by atoms with Crippen LogP contribution in [0.5, 0.6) is 0 Å². The lowest BCUT2D eigenvalue weighted by Gasteiger charge is -2.32. The molecule has 2 aromatic rings. The van der Waals surface area contributed by atoms with Crippen molar-refractivity contribution >= 4 is 38.7 Å². The molecule has 6 heteroatoms. The number of aliphatic carboxylic acids is 1. The van der Waals surface area contributed by atoms with E-state index in [1.165, 1.54) is 0 Å². The zero-order valence-electron chi connectivity index (χ0n) is 12.2. The average Bonchev–Trinajstić information content (AvgIpc) is 2.68. The summed E-state index contributed by atoms with van der Waals surface area (Å²) in [5.74, 6) is -1.17. The Labute approximate surface area is 136 Å². The van der Waals surface area contributed by atoms with Gasteiger partial charge in [0.25, 0.3) is 0 Å². The second-order valence-corrected chi connectivity index (χ2v) is 6.57. The van der Waals surface area contributed by atoms with E-state index in [0.29, 0.717) is 12.8 Å². The van der Waals surface area contributed by atoms with Gasteiger partial charge in [-0.05, 0) is 41.8 Å². The maximum absolute atomic E-state index is 12.2. The lowest BCUT2D eigenvalue weighted by Crippen LogP contribution is -2.47. The predicted octanol–water partition coefficient (Wildman–Crippen LogP) is 2.69. The first-order valence-electron chi connectivity index (χ1n) is 7.23. The second-order valence-electron chi connectivity index (χ2n) is 5.77. The Morgan fingerprint density at radius 1 is 1.36 bits per heavy atom. The number of carboxylic acids is 1. The number of nitrogens with one attached hydrogen (secondary N) is 1. The molecule has 0 radical (unpaired) electrons. The van der Waals surface area contributed by atoms with Gasteiger partial charge in [-0.1, -0.05) is 18.2 Å². The van der Waals surface area contributed by atoms with E-state index in [-0.39, 0.29) is 24.4 Å². The molecule has 1 fully saturated rings. The zero-order chi connectivity index (χ0) is 15.9. The van der Waals surface area contributed by atoms with Gasteiger partial charge in [-0.15, -0.1) is 0 Å². The summed E-state index contributed by atoms with van der Waals surface area (Å²) in [7, 11) is 0. The minimum absolute atomic E-state index is 0.0147. The number of carboxylic acid groups (broad SMARTS) is 1. The minimum Gasteiger partial charge on any atom is -0.481 e. The van der Waals surface area contributed by atoms with Gasteiger partial charge in [-0.25, -0.2) is 0 Å². The number of benzene rings is 1. The first-order valence-corrected chi connectivity index (χ1v) is 8.02. The molecular formula is C16H17BrN2O3. The molecule has 1 aliphatic carbocycles. The Balaban J connectivity index is 1.70. The molecule has 0 saturated heterocycles. The number of aromatic nitrogens is 1. The third-order valence-electron chi connectivity index (χ3n) is 4.31. The van der Waals surface area contributed by atoms with Crippen LogP contribution in [0.25, 0.3) is 10.9 Å². The Hall–Kier alpha value is -1.82. The molecule has 1 aromatic carbocycles. The monoisotopic (exact) mass is 364 g/mol. The number of halogens is 1. The van der Waals surface area contributed by atoms with E-state index in [2.05, 4.69) is 21.2 Å². The molecule has 3 rings (SSSR count). The van der Waals surface area contributed by atoms with Gasteiger partial charge in [0.05, 0.1) is 5.92 Å². The summed E-state index contributed by atoms with van der Waals surface area (Å²) in [6.45, 7) is 2.22. The van der Waals surface area contributed by atoms with E-state index in [1.807, 2.05) is 35.8 Å². The molecule has 1 heterocycles. The van der Waals surface area contributed by atoms with Crippen LogP contribution in [-0.2, 0) is 16.1 Å². The number of amides is 1. The molecule has 0 aliphatic heterocycles. The highest BCUT2D eigenvalue weighted by Gasteiger charge is 2.35. The van der Waals surface area contributed by atoms with Crippen LogP contribution in [0, 0.1) is 12.8 Å². The number of carbonyl (C=O) groups excluding carboxylic acids is 1. The minimum atomic E-state index is -0.776. The fraction of sp³-hybridized carbons (Fsp3) is 0.375. The number of hydrogen-bond donors (Lipinski definition) is 2. The van der Waals surface area contributed by atoms with Gasteiger partial charge in [0.15, 0.2) is 0 Å². The molecule has 116 valence electrons. The highest BCUT2D eigenvalue weighted by molar-refractivity contribution is 9.10. The summed E-state index contributed by atoms with van der Waals surface area (Å²) in [6, 6.07) is 7.91. The number of nitrogens with zero attached hydrogens (tertiary/aromatic N) is 1. The van der Waals surface area contributed by atoms with Crippen molar-refractivity contribution in [3.63, 3.8) is 0 Å². The van der Waals surface area contributed by atoms with E-state index in [9.17, 15) is 9.59 Å². The standard InChI is InChI=1S/C16H17BrN2O3/c1-9-15(17)12-4-2-3-5-13(12)19(9)8-14(20)18-11-6-10(7-11)16(21)22/h2-5,10-11H,6-8H2,1H3,(H,18,20)(H,21,22). The maximum Gasteiger partial charge on any atom is 0.306 e. The van der Waals surface area contributed by atoms with Crippen molar-refractivity contribution in [3.05, 3.63) is 34.4 Å². The van der Waals surface area contributed by atoms with E-state index < -0.39 is 5.97 Å². The summed E-state index contributed by atoms with van der Waals surface area (Å²) in [4.78, 5) is 23.0. The molecule has 1 aromatic heterocycles. The van der Waals surface area contributed by atoms with Crippen molar-refractivity contribution in [1.82, 2.24) is 9.88 Å². The van der Waals surface area contributed by atoms with Gasteiger partial charge in [-0.2, -0.15) is 0 Å². The van der Waals surface area contributed by atoms with Gasteiger partial charge < -0.3 is 15.0 Å². The van der Waals surface area contributed by atoms with Crippen molar-refractivity contribution in [1.29, 1.82) is 0 Å². The molecule has 2 N–H and O–H groups in total. The average molecular weight is 365 g/mol. The van der Waals surface area contributed by atoms with Crippen molar-refractivity contribution in [2.45, 2.75) is 32.4 Å². The van der Waals surface area contributed by atoms with Crippen LogP contribution < -0.4 is 5.32 Å². The SMILES string of the molecule is Cc1c(Br)c2ccccc2n1CC(=O)NC1CC(C(=O)O)C1. The normalized spacial score (nSPS) is 20.6. The highest BCUT2D eigenvalue weighted by Crippen LogP contribution is 2.31. The quantitative estimate of drug-likeness (QED) is 0.875. The molecule has 0 bridgehead atoms. The molecule has 22 heavy (non-hydrogen) atoms. The summed E-state index contributed by atoms with van der Waals surface area (Å²) in [5.41, 5.74) is 2.02. The zero-order valence-corrected chi connectivity index (χ0v) is 13.8. The number of carbonyl (C=O) groups is 2. The summed E-state index contributed by atoms with van der Waals surface area (Å²) in [5, 5.41) is 12.9. The highest BCUT2D eigenvalue weighted by atomic mass is 79.9. The summed E-state index contributed by atoms with van der Waals surface area (Å²) < 4.78 is 2.98. The van der Waals surface area contributed by atoms with Crippen LogP contribution in [0.3, 0.4) is 0 Å². The Kier molecular flexibility index (Phi) is 3.95. The van der Waals surface area contributed by atoms with Crippen molar-refractivity contribution in [2.75, 3.05) is 0 Å². The molecule has 0 unspecified atom stereocenters. The topological polar surface area (TPSA) is 71.3 Å². The van der Waals surface area contributed by atoms with Crippen molar-refractivity contribution in [2.24, 2.45) is 5.92 Å². The third-order valence-corrected chi connectivity index (χ3v) is 5.31. The largest absolute Gasteiger partial charge is 0.481 e. The van der Waals surface area contributed by atoms with Crippen molar-refractivity contribution in [3.8, 4) is 0 Å². The molecule has 0 atom stereocenters. The van der Waals surface area contributed by atoms with Crippen LogP contribution in [0.2, 0.25) is 0 Å². The number of rotatable bonds is 4. The lowest BCUT2D eigenvalue weighted by atomic mass is 9.80. The van der Waals surface area contributed by atoms with Gasteiger partial charge in [0, 0.05) is 27.1 Å². The molecular weight excluding hydrogens is 348 g/mol.